The van der Waals surface area contributed by atoms with Crippen molar-refractivity contribution in [1.82, 2.24) is 13.7 Å². The molecule has 0 bridgehead atoms. The molecule has 0 amide bonds. The molecule has 0 saturated carbocycles. The first kappa shape index (κ1) is 28.9. The van der Waals surface area contributed by atoms with Crippen molar-refractivity contribution >= 4 is 65.4 Å². The van der Waals surface area contributed by atoms with Gasteiger partial charge in [0.2, 0.25) is 0 Å². The Morgan fingerprint density at radius 1 is 0.327 bits per heavy atom. The highest BCUT2D eigenvalue weighted by Gasteiger charge is 2.22. The third-order valence-electron chi connectivity index (χ3n) is 11.0. The number of aryl methyl sites for hydroxylation is 1. The number of para-hydroxylation sites is 3. The molecule has 3 heterocycles. The lowest BCUT2D eigenvalue weighted by atomic mass is 9.99. The van der Waals surface area contributed by atoms with Gasteiger partial charge in [-0.25, -0.2) is 0 Å². The van der Waals surface area contributed by atoms with Crippen LogP contribution in [0.15, 0.2) is 182 Å². The molecule has 11 aromatic rings. The minimum absolute atomic E-state index is 1.14. The van der Waals surface area contributed by atoms with Crippen LogP contribution >= 0.6 is 0 Å². The molecule has 0 atom stereocenters. The van der Waals surface area contributed by atoms with Crippen molar-refractivity contribution in [3.8, 4) is 33.6 Å². The van der Waals surface area contributed by atoms with Crippen molar-refractivity contribution < 1.29 is 0 Å². The van der Waals surface area contributed by atoms with Gasteiger partial charge in [0.15, 0.2) is 0 Å². The van der Waals surface area contributed by atoms with E-state index in [1.54, 1.807) is 0 Å². The number of rotatable bonds is 4. The van der Waals surface area contributed by atoms with Crippen molar-refractivity contribution in [3.05, 3.63) is 182 Å². The van der Waals surface area contributed by atoms with E-state index in [0.717, 1.165) is 5.69 Å². The Morgan fingerprint density at radius 2 is 0.865 bits per heavy atom. The quantitative estimate of drug-likeness (QED) is 0.178. The molecular formula is C49H33N3. The van der Waals surface area contributed by atoms with E-state index in [4.69, 9.17) is 0 Å². The lowest BCUT2D eigenvalue weighted by Crippen LogP contribution is -1.97. The molecule has 3 aromatic heterocycles. The minimum Gasteiger partial charge on any atom is -0.343 e. The summed E-state index contributed by atoms with van der Waals surface area (Å²) in [7, 11) is 2.20. The second-order valence-electron chi connectivity index (χ2n) is 13.8. The number of nitrogens with zero attached hydrogens (tertiary/aromatic N) is 3. The third-order valence-corrected chi connectivity index (χ3v) is 11.0. The Kier molecular flexibility index (Phi) is 6.17. The normalized spacial score (nSPS) is 11.9. The first-order valence-corrected chi connectivity index (χ1v) is 17.9. The van der Waals surface area contributed by atoms with Crippen LogP contribution in [-0.4, -0.2) is 13.7 Å². The fraction of sp³-hybridized carbons (Fsp3) is 0.0204. The van der Waals surface area contributed by atoms with E-state index < -0.39 is 0 Å². The van der Waals surface area contributed by atoms with Gasteiger partial charge in [-0.05, 0) is 76.9 Å². The van der Waals surface area contributed by atoms with Crippen LogP contribution in [-0.2, 0) is 7.05 Å². The molecule has 11 rings (SSSR count). The predicted molar refractivity (Wildman–Crippen MR) is 220 cm³/mol. The van der Waals surface area contributed by atoms with Gasteiger partial charge in [-0.3, -0.25) is 0 Å². The fourth-order valence-electron chi connectivity index (χ4n) is 8.78. The first-order valence-electron chi connectivity index (χ1n) is 17.9. The summed E-state index contributed by atoms with van der Waals surface area (Å²) in [5, 5.41) is 7.61. The molecule has 0 fully saturated rings. The topological polar surface area (TPSA) is 14.8 Å². The van der Waals surface area contributed by atoms with Gasteiger partial charge in [-0.15, -0.1) is 0 Å². The lowest BCUT2D eigenvalue weighted by Gasteiger charge is -2.13. The van der Waals surface area contributed by atoms with Crippen LogP contribution in [0.2, 0.25) is 0 Å². The van der Waals surface area contributed by atoms with Crippen molar-refractivity contribution in [2.45, 2.75) is 0 Å². The predicted octanol–water partition coefficient (Wildman–Crippen LogP) is 12.9. The zero-order valence-corrected chi connectivity index (χ0v) is 28.7. The molecule has 0 spiro atoms. The second-order valence-corrected chi connectivity index (χ2v) is 13.8. The minimum atomic E-state index is 1.14. The summed E-state index contributed by atoms with van der Waals surface area (Å²) in [4.78, 5) is 0. The molecular weight excluding hydrogens is 631 g/mol. The number of fused-ring (bicyclic) bond motifs is 10. The smallest absolute Gasteiger partial charge is 0.0590 e. The zero-order valence-electron chi connectivity index (χ0n) is 28.7. The van der Waals surface area contributed by atoms with Crippen LogP contribution in [0.25, 0.3) is 99.0 Å². The van der Waals surface area contributed by atoms with Crippen molar-refractivity contribution in [2.75, 3.05) is 0 Å². The van der Waals surface area contributed by atoms with Crippen LogP contribution in [0.4, 0.5) is 0 Å². The molecule has 52 heavy (non-hydrogen) atoms. The van der Waals surface area contributed by atoms with Gasteiger partial charge in [0.05, 0.1) is 33.3 Å². The van der Waals surface area contributed by atoms with E-state index in [9.17, 15) is 0 Å². The molecule has 0 aliphatic rings. The zero-order chi connectivity index (χ0) is 34.3. The van der Waals surface area contributed by atoms with Crippen molar-refractivity contribution in [1.29, 1.82) is 0 Å². The fourth-order valence-corrected chi connectivity index (χ4v) is 8.78. The summed E-state index contributed by atoms with van der Waals surface area (Å²) in [6.07, 6.45) is 0. The van der Waals surface area contributed by atoms with E-state index in [-0.39, 0.29) is 0 Å². The van der Waals surface area contributed by atoms with Crippen LogP contribution in [0.5, 0.6) is 0 Å². The molecule has 3 nitrogen and oxygen atoms in total. The van der Waals surface area contributed by atoms with Crippen molar-refractivity contribution in [2.24, 2.45) is 7.05 Å². The van der Waals surface area contributed by atoms with Gasteiger partial charge in [-0.2, -0.15) is 0 Å². The van der Waals surface area contributed by atoms with Gasteiger partial charge in [0, 0.05) is 50.6 Å². The van der Waals surface area contributed by atoms with Gasteiger partial charge in [0.1, 0.15) is 0 Å². The lowest BCUT2D eigenvalue weighted by molar-refractivity contribution is 1.02. The number of aromatic nitrogens is 3. The second kappa shape index (κ2) is 11.1. The molecule has 8 aromatic carbocycles. The summed E-state index contributed by atoms with van der Waals surface area (Å²) >= 11 is 0. The number of hydrogen-bond acceptors (Lipinski definition) is 0. The highest BCUT2D eigenvalue weighted by molar-refractivity contribution is 6.26. The monoisotopic (exact) mass is 663 g/mol. The highest BCUT2D eigenvalue weighted by atomic mass is 15.0. The van der Waals surface area contributed by atoms with Crippen LogP contribution < -0.4 is 0 Å². The summed E-state index contributed by atoms with van der Waals surface area (Å²) in [5.41, 5.74) is 14.5. The largest absolute Gasteiger partial charge is 0.343 e. The molecule has 0 saturated heterocycles. The van der Waals surface area contributed by atoms with Crippen molar-refractivity contribution in [3.63, 3.8) is 0 Å². The van der Waals surface area contributed by atoms with Crippen LogP contribution in [0.1, 0.15) is 0 Å². The average Bonchev–Trinajstić information content (AvgIpc) is 3.84. The maximum absolute atomic E-state index is 2.49. The van der Waals surface area contributed by atoms with E-state index in [1.807, 2.05) is 0 Å². The Labute approximate surface area is 300 Å². The SMILES string of the molecule is Cn1c2ccccc2c2ccc3c(c4ccccc4n3-c3cccc4c3c3ccccc3n4-c3cccc(-c4cccc(-c5ccccc5)c4)c3)c21. The van der Waals surface area contributed by atoms with E-state index in [2.05, 4.69) is 203 Å². The molecule has 0 unspecified atom stereocenters. The van der Waals surface area contributed by atoms with Gasteiger partial charge < -0.3 is 13.7 Å². The van der Waals surface area contributed by atoms with Crippen LogP contribution in [0.3, 0.4) is 0 Å². The van der Waals surface area contributed by atoms with Crippen LogP contribution in [0, 0.1) is 0 Å². The van der Waals surface area contributed by atoms with E-state index >= 15 is 0 Å². The summed E-state index contributed by atoms with van der Waals surface area (Å²) in [6.45, 7) is 0. The molecule has 0 aliphatic heterocycles. The number of benzene rings is 8. The average molecular weight is 664 g/mol. The summed E-state index contributed by atoms with van der Waals surface area (Å²) in [6, 6.07) is 66.4. The Morgan fingerprint density at radius 3 is 1.65 bits per heavy atom. The highest BCUT2D eigenvalue weighted by Crippen LogP contribution is 2.43. The Hall–Kier alpha value is -6.84. The maximum atomic E-state index is 2.49. The van der Waals surface area contributed by atoms with E-state index in [0.29, 0.717) is 0 Å². The van der Waals surface area contributed by atoms with Gasteiger partial charge in [-0.1, -0.05) is 127 Å². The van der Waals surface area contributed by atoms with E-state index in [1.165, 1.54) is 93.4 Å². The summed E-state index contributed by atoms with van der Waals surface area (Å²) in [5.74, 6) is 0. The molecule has 0 aliphatic carbocycles. The molecule has 244 valence electrons. The maximum Gasteiger partial charge on any atom is 0.0590 e. The molecule has 0 N–H and O–H groups in total. The Balaban J connectivity index is 1.17. The summed E-state index contributed by atoms with van der Waals surface area (Å²) < 4.78 is 7.31. The Bertz CT molecular complexity index is 3190. The standard InChI is InChI=1S/C49H33N3/c1-50-41-23-8-5-20-37(41)38-28-29-46-48(49(38)50)40-22-7-10-25-43(40)52(46)45-27-13-26-44-47(45)39-21-6-9-24-42(39)51(44)36-19-12-18-35(31-36)34-17-11-16-33(30-34)32-14-3-2-4-15-32/h2-31H,1H3. The first-order chi connectivity index (χ1) is 25.7. The molecule has 3 heteroatoms. The van der Waals surface area contributed by atoms with Gasteiger partial charge >= 0.3 is 0 Å². The third kappa shape index (κ3) is 4.08. The number of hydrogen-bond donors (Lipinski definition) is 0. The molecule has 0 radical (unpaired) electrons. The van der Waals surface area contributed by atoms with Gasteiger partial charge in [0.25, 0.3) is 0 Å².